The van der Waals surface area contributed by atoms with Crippen LogP contribution in [0.1, 0.15) is 43.1 Å². The fraction of sp³-hybridized carbons (Fsp3) is 0.364. The second-order valence-corrected chi connectivity index (χ2v) is 7.71. The molecule has 0 radical (unpaired) electrons. The SMILES string of the molecule is CC(C)n1cc(-c2cc(C(=O)N3CCC(C#N)CC3)c3cc(F)ccc3n2)cn1. The summed E-state index contributed by atoms with van der Waals surface area (Å²) in [4.78, 5) is 19.7. The standard InChI is InChI=1S/C22H22FN5O/c1-14(2)28-13-16(12-25-28)21-10-19(18-9-17(23)3-4-20(18)26-21)22(29)27-7-5-15(11-24)6-8-27/h3-4,9-10,12-15H,5-8H2,1-2H3. The largest absolute Gasteiger partial charge is 0.339 e. The molecule has 3 aromatic rings. The lowest BCUT2D eigenvalue weighted by Crippen LogP contribution is -2.38. The molecule has 0 unspecified atom stereocenters. The summed E-state index contributed by atoms with van der Waals surface area (Å²) in [7, 11) is 0. The number of halogens is 1. The molecule has 0 atom stereocenters. The Kier molecular flexibility index (Phi) is 5.01. The Hall–Kier alpha value is -3.27. The van der Waals surface area contributed by atoms with Gasteiger partial charge in [-0.05, 0) is 51.0 Å². The van der Waals surface area contributed by atoms with E-state index in [4.69, 9.17) is 5.26 Å². The molecule has 0 spiro atoms. The predicted molar refractivity (Wildman–Crippen MR) is 108 cm³/mol. The van der Waals surface area contributed by atoms with Gasteiger partial charge in [0.25, 0.3) is 5.91 Å². The maximum atomic E-state index is 13.9. The van der Waals surface area contributed by atoms with Gasteiger partial charge in [-0.3, -0.25) is 9.48 Å². The molecule has 0 bridgehead atoms. The van der Waals surface area contributed by atoms with Crippen LogP contribution in [-0.4, -0.2) is 38.7 Å². The van der Waals surface area contributed by atoms with Gasteiger partial charge in [0.1, 0.15) is 5.82 Å². The summed E-state index contributed by atoms with van der Waals surface area (Å²) in [6.45, 7) is 5.12. The van der Waals surface area contributed by atoms with Crippen LogP contribution in [-0.2, 0) is 0 Å². The fourth-order valence-corrected chi connectivity index (χ4v) is 3.66. The number of rotatable bonds is 3. The Morgan fingerprint density at radius 3 is 2.69 bits per heavy atom. The number of carbonyl (C=O) groups is 1. The van der Waals surface area contributed by atoms with Gasteiger partial charge in [-0.2, -0.15) is 10.4 Å². The number of aromatic nitrogens is 3. The lowest BCUT2D eigenvalue weighted by molar-refractivity contribution is 0.0709. The predicted octanol–water partition coefficient (Wildman–Crippen LogP) is 4.19. The molecule has 1 fully saturated rings. The van der Waals surface area contributed by atoms with Crippen molar-refractivity contribution in [2.45, 2.75) is 32.7 Å². The van der Waals surface area contributed by atoms with E-state index in [0.29, 0.717) is 48.1 Å². The monoisotopic (exact) mass is 391 g/mol. The van der Waals surface area contributed by atoms with Crippen LogP contribution in [0.5, 0.6) is 0 Å². The molecule has 1 saturated heterocycles. The zero-order chi connectivity index (χ0) is 20.5. The maximum Gasteiger partial charge on any atom is 0.254 e. The average molecular weight is 391 g/mol. The number of benzene rings is 1. The van der Waals surface area contributed by atoms with Crippen molar-refractivity contribution in [2.24, 2.45) is 5.92 Å². The van der Waals surface area contributed by atoms with E-state index < -0.39 is 5.82 Å². The molecule has 148 valence electrons. The minimum Gasteiger partial charge on any atom is -0.339 e. The second kappa shape index (κ2) is 7.63. The van der Waals surface area contributed by atoms with Crippen molar-refractivity contribution in [1.29, 1.82) is 5.26 Å². The molecule has 0 saturated carbocycles. The Balaban J connectivity index is 1.77. The summed E-state index contributed by atoms with van der Waals surface area (Å²) >= 11 is 0. The van der Waals surface area contributed by atoms with Gasteiger partial charge in [0, 0.05) is 42.2 Å². The van der Waals surface area contributed by atoms with Crippen LogP contribution in [0.3, 0.4) is 0 Å². The molecule has 0 N–H and O–H groups in total. The summed E-state index contributed by atoms with van der Waals surface area (Å²) < 4.78 is 15.8. The first-order valence-corrected chi connectivity index (χ1v) is 9.80. The highest BCUT2D eigenvalue weighted by Crippen LogP contribution is 2.28. The molecular weight excluding hydrogens is 369 g/mol. The molecule has 1 aliphatic heterocycles. The van der Waals surface area contributed by atoms with E-state index in [1.54, 1.807) is 23.2 Å². The summed E-state index contributed by atoms with van der Waals surface area (Å²) in [5.74, 6) is -0.572. The number of piperidine rings is 1. The quantitative estimate of drug-likeness (QED) is 0.671. The van der Waals surface area contributed by atoms with Crippen LogP contribution in [0.25, 0.3) is 22.2 Å². The summed E-state index contributed by atoms with van der Waals surface area (Å²) in [5, 5.41) is 14.0. The number of nitriles is 1. The number of amides is 1. The smallest absolute Gasteiger partial charge is 0.254 e. The van der Waals surface area contributed by atoms with Gasteiger partial charge in [0.15, 0.2) is 0 Å². The lowest BCUT2D eigenvalue weighted by Gasteiger charge is -2.29. The zero-order valence-electron chi connectivity index (χ0n) is 16.5. The van der Waals surface area contributed by atoms with Crippen LogP contribution >= 0.6 is 0 Å². The highest BCUT2D eigenvalue weighted by molar-refractivity contribution is 6.07. The van der Waals surface area contributed by atoms with Gasteiger partial charge >= 0.3 is 0 Å². The van der Waals surface area contributed by atoms with Crippen molar-refractivity contribution in [1.82, 2.24) is 19.7 Å². The Morgan fingerprint density at radius 1 is 1.28 bits per heavy atom. The summed E-state index contributed by atoms with van der Waals surface area (Å²) in [6, 6.07) is 8.52. The van der Waals surface area contributed by atoms with Gasteiger partial charge in [-0.25, -0.2) is 9.37 Å². The third-order valence-electron chi connectivity index (χ3n) is 5.39. The molecule has 3 heterocycles. The molecular formula is C22H22FN5O. The Labute approximate surface area is 168 Å². The molecule has 2 aromatic heterocycles. The fourth-order valence-electron chi connectivity index (χ4n) is 3.66. The van der Waals surface area contributed by atoms with E-state index in [2.05, 4.69) is 16.2 Å². The molecule has 1 aromatic carbocycles. The summed E-state index contributed by atoms with van der Waals surface area (Å²) in [5.41, 5.74) is 2.43. The first kappa shape index (κ1) is 19.1. The van der Waals surface area contributed by atoms with Gasteiger partial charge in [-0.15, -0.1) is 0 Å². The van der Waals surface area contributed by atoms with Gasteiger partial charge < -0.3 is 4.90 Å². The number of carbonyl (C=O) groups excluding carboxylic acids is 1. The van der Waals surface area contributed by atoms with E-state index in [-0.39, 0.29) is 17.9 Å². The number of fused-ring (bicyclic) bond motifs is 1. The van der Waals surface area contributed by atoms with Crippen LogP contribution in [0.4, 0.5) is 4.39 Å². The van der Waals surface area contributed by atoms with E-state index in [1.807, 2.05) is 24.7 Å². The minimum atomic E-state index is -0.406. The Morgan fingerprint density at radius 2 is 2.03 bits per heavy atom. The average Bonchev–Trinajstić information content (AvgIpc) is 3.23. The number of pyridine rings is 1. The van der Waals surface area contributed by atoms with E-state index in [9.17, 15) is 9.18 Å². The van der Waals surface area contributed by atoms with Gasteiger partial charge in [-0.1, -0.05) is 0 Å². The first-order valence-electron chi connectivity index (χ1n) is 9.80. The number of nitrogens with zero attached hydrogens (tertiary/aromatic N) is 5. The zero-order valence-corrected chi connectivity index (χ0v) is 16.5. The van der Waals surface area contributed by atoms with Crippen molar-refractivity contribution >= 4 is 16.8 Å². The lowest BCUT2D eigenvalue weighted by atomic mass is 9.97. The highest BCUT2D eigenvalue weighted by Gasteiger charge is 2.25. The van der Waals surface area contributed by atoms with E-state index >= 15 is 0 Å². The van der Waals surface area contributed by atoms with Crippen LogP contribution in [0.2, 0.25) is 0 Å². The van der Waals surface area contributed by atoms with Crippen molar-refractivity contribution in [2.75, 3.05) is 13.1 Å². The molecule has 1 amide bonds. The second-order valence-electron chi connectivity index (χ2n) is 7.71. The van der Waals surface area contributed by atoms with Gasteiger partial charge in [0.2, 0.25) is 0 Å². The molecule has 6 nitrogen and oxygen atoms in total. The van der Waals surface area contributed by atoms with Crippen LogP contribution in [0, 0.1) is 23.1 Å². The first-order chi connectivity index (χ1) is 14.0. The highest BCUT2D eigenvalue weighted by atomic mass is 19.1. The van der Waals surface area contributed by atoms with Gasteiger partial charge in [0.05, 0.1) is 29.0 Å². The number of hydrogen-bond acceptors (Lipinski definition) is 4. The third-order valence-corrected chi connectivity index (χ3v) is 5.39. The number of likely N-dealkylation sites (tertiary alicyclic amines) is 1. The van der Waals surface area contributed by atoms with Crippen molar-refractivity contribution < 1.29 is 9.18 Å². The van der Waals surface area contributed by atoms with E-state index in [1.165, 1.54) is 12.1 Å². The number of hydrogen-bond donors (Lipinski definition) is 0. The maximum absolute atomic E-state index is 13.9. The summed E-state index contributed by atoms with van der Waals surface area (Å²) in [6.07, 6.45) is 4.95. The Bertz CT molecular complexity index is 1110. The van der Waals surface area contributed by atoms with Crippen molar-refractivity contribution in [3.63, 3.8) is 0 Å². The van der Waals surface area contributed by atoms with Crippen LogP contribution in [0.15, 0.2) is 36.7 Å². The molecule has 4 rings (SSSR count). The molecule has 1 aliphatic rings. The molecule has 29 heavy (non-hydrogen) atoms. The van der Waals surface area contributed by atoms with Crippen molar-refractivity contribution in [3.05, 3.63) is 48.0 Å². The molecule has 0 aliphatic carbocycles. The van der Waals surface area contributed by atoms with E-state index in [0.717, 1.165) is 5.56 Å². The topological polar surface area (TPSA) is 74.8 Å². The molecule has 7 heteroatoms. The third kappa shape index (κ3) is 3.70. The van der Waals surface area contributed by atoms with Crippen molar-refractivity contribution in [3.8, 4) is 17.3 Å². The van der Waals surface area contributed by atoms with Crippen LogP contribution < -0.4 is 0 Å². The normalized spacial score (nSPS) is 15.1. The minimum absolute atomic E-state index is 0.0110.